The second kappa shape index (κ2) is 6.11. The smallest absolute Gasteiger partial charge is 0.265 e. The van der Waals surface area contributed by atoms with Gasteiger partial charge in [0.1, 0.15) is 10.1 Å². The van der Waals surface area contributed by atoms with Gasteiger partial charge in [-0.1, -0.05) is 11.6 Å². The Balaban J connectivity index is 2.20. The highest BCUT2D eigenvalue weighted by Gasteiger charge is 2.14. The summed E-state index contributed by atoms with van der Waals surface area (Å²) in [7, 11) is 1.49. The van der Waals surface area contributed by atoms with Crippen LogP contribution in [0.2, 0.25) is 4.34 Å². The third-order valence-electron chi connectivity index (χ3n) is 2.68. The Hall–Kier alpha value is -1.79. The molecule has 0 unspecified atom stereocenters. The molecule has 2 heterocycles. The van der Waals surface area contributed by atoms with Gasteiger partial charge in [-0.25, -0.2) is 0 Å². The van der Waals surface area contributed by atoms with Crippen LogP contribution in [0.3, 0.4) is 0 Å². The highest BCUT2D eigenvalue weighted by Crippen LogP contribution is 2.34. The second-order valence-electron chi connectivity index (χ2n) is 3.95. The Morgan fingerprint density at radius 3 is 2.85 bits per heavy atom. The lowest BCUT2D eigenvalue weighted by Crippen LogP contribution is -2.19. The van der Waals surface area contributed by atoms with Gasteiger partial charge in [0, 0.05) is 24.9 Å². The summed E-state index contributed by atoms with van der Waals surface area (Å²) in [5, 5.41) is 2.72. The van der Waals surface area contributed by atoms with Gasteiger partial charge in [-0.15, -0.1) is 11.3 Å². The fraction of sp³-hybridized carbons (Fsp3) is 0.231. The lowest BCUT2D eigenvalue weighted by atomic mass is 10.3. The minimum atomic E-state index is -0.290. The Kier molecular flexibility index (Phi) is 4.46. The van der Waals surface area contributed by atoms with Crippen LogP contribution in [0.1, 0.15) is 16.6 Å². The number of rotatable bonds is 4. The zero-order valence-corrected chi connectivity index (χ0v) is 12.5. The van der Waals surface area contributed by atoms with E-state index < -0.39 is 0 Å². The minimum absolute atomic E-state index is 0.105. The topological polar surface area (TPSA) is 60.3 Å². The van der Waals surface area contributed by atoms with Crippen molar-refractivity contribution in [3.05, 3.63) is 44.0 Å². The van der Waals surface area contributed by atoms with Crippen LogP contribution >= 0.6 is 22.9 Å². The second-order valence-corrected chi connectivity index (χ2v) is 5.60. The molecule has 0 aromatic carbocycles. The number of pyridine rings is 1. The lowest BCUT2D eigenvalue weighted by molar-refractivity contribution is 0.103. The van der Waals surface area contributed by atoms with Crippen LogP contribution in [-0.4, -0.2) is 17.6 Å². The van der Waals surface area contributed by atoms with E-state index in [0.29, 0.717) is 27.2 Å². The highest BCUT2D eigenvalue weighted by atomic mass is 35.5. The molecular weight excluding hydrogens is 300 g/mol. The van der Waals surface area contributed by atoms with E-state index in [0.717, 1.165) is 11.3 Å². The Morgan fingerprint density at radius 2 is 2.25 bits per heavy atom. The van der Waals surface area contributed by atoms with E-state index in [4.69, 9.17) is 16.3 Å². The number of aromatic nitrogens is 1. The number of aryl methyl sites for hydroxylation is 1. The molecule has 0 radical (unpaired) electrons. The number of carbonyl (C=O) groups excluding carboxylic acids is 1. The predicted octanol–water partition coefficient (Wildman–Crippen LogP) is 2.84. The quantitative estimate of drug-likeness (QED) is 0.944. The van der Waals surface area contributed by atoms with Crippen LogP contribution in [0.25, 0.3) is 0 Å². The number of methoxy groups -OCH3 is 1. The number of hydrogen-bond donors (Lipinski definition) is 1. The van der Waals surface area contributed by atoms with Crippen molar-refractivity contribution in [3.8, 4) is 5.75 Å². The first-order chi connectivity index (χ1) is 9.55. The number of nitrogens with one attached hydrogen (secondary N) is 1. The average molecular weight is 313 g/mol. The van der Waals surface area contributed by atoms with Gasteiger partial charge in [0.05, 0.1) is 17.7 Å². The monoisotopic (exact) mass is 312 g/mol. The lowest BCUT2D eigenvalue weighted by Gasteiger charge is -2.06. The van der Waals surface area contributed by atoms with E-state index in [-0.39, 0.29) is 11.5 Å². The third-order valence-corrected chi connectivity index (χ3v) is 4.00. The maximum atomic E-state index is 12.1. The van der Waals surface area contributed by atoms with E-state index in [1.54, 1.807) is 18.3 Å². The molecule has 0 aliphatic rings. The normalized spacial score (nSPS) is 10.3. The first-order valence-corrected chi connectivity index (χ1v) is 7.09. The fourth-order valence-corrected chi connectivity index (χ4v) is 2.77. The average Bonchev–Trinajstić information content (AvgIpc) is 2.82. The first kappa shape index (κ1) is 14.6. The molecule has 2 rings (SSSR count). The molecule has 0 aliphatic carbocycles. The van der Waals surface area contributed by atoms with Crippen molar-refractivity contribution in [1.29, 1.82) is 0 Å². The predicted molar refractivity (Wildman–Crippen MR) is 80.2 cm³/mol. The summed E-state index contributed by atoms with van der Waals surface area (Å²) in [6.07, 6.45) is 1.60. The van der Waals surface area contributed by atoms with Crippen LogP contribution in [0.5, 0.6) is 5.75 Å². The zero-order valence-electron chi connectivity index (χ0n) is 11.0. The first-order valence-electron chi connectivity index (χ1n) is 5.90. The maximum Gasteiger partial charge on any atom is 0.265 e. The van der Waals surface area contributed by atoms with Crippen LogP contribution in [0, 0.1) is 0 Å². The molecule has 106 valence electrons. The van der Waals surface area contributed by atoms with Gasteiger partial charge in [-0.05, 0) is 13.0 Å². The summed E-state index contributed by atoms with van der Waals surface area (Å²) in [6, 6.07) is 4.57. The van der Waals surface area contributed by atoms with E-state index in [2.05, 4.69) is 5.32 Å². The number of carbonyl (C=O) groups is 1. The number of amides is 1. The molecule has 0 atom stereocenters. The van der Waals surface area contributed by atoms with Crippen molar-refractivity contribution in [2.24, 2.45) is 0 Å². The van der Waals surface area contributed by atoms with Gasteiger partial charge in [0.15, 0.2) is 0 Å². The van der Waals surface area contributed by atoms with Crippen LogP contribution < -0.4 is 15.6 Å². The molecule has 7 heteroatoms. The van der Waals surface area contributed by atoms with Crippen LogP contribution in [0.4, 0.5) is 5.69 Å². The summed E-state index contributed by atoms with van der Waals surface area (Å²) in [5.74, 6) is 0.182. The van der Waals surface area contributed by atoms with E-state index in [1.807, 2.05) is 6.92 Å². The third kappa shape index (κ3) is 3.02. The molecule has 0 bridgehead atoms. The number of ether oxygens (including phenoxy) is 1. The van der Waals surface area contributed by atoms with Crippen molar-refractivity contribution < 1.29 is 9.53 Å². The van der Waals surface area contributed by atoms with Gasteiger partial charge in [0.25, 0.3) is 11.5 Å². The van der Waals surface area contributed by atoms with Crippen LogP contribution in [-0.2, 0) is 6.54 Å². The standard InChI is InChI=1S/C13H13ClN2O3S/c1-3-16-7-8(4-5-11(16)17)15-13(18)10-6-9(19-2)12(14)20-10/h4-7H,3H2,1-2H3,(H,15,18). The Morgan fingerprint density at radius 1 is 1.50 bits per heavy atom. The van der Waals surface area contributed by atoms with E-state index >= 15 is 0 Å². The largest absolute Gasteiger partial charge is 0.494 e. The summed E-state index contributed by atoms with van der Waals surface area (Å²) < 4.78 is 6.97. The molecule has 0 aliphatic heterocycles. The van der Waals surface area contributed by atoms with Crippen molar-refractivity contribution in [2.75, 3.05) is 12.4 Å². The van der Waals surface area contributed by atoms with Crippen molar-refractivity contribution >= 4 is 34.5 Å². The van der Waals surface area contributed by atoms with Crippen LogP contribution in [0.15, 0.2) is 29.2 Å². The minimum Gasteiger partial charge on any atom is -0.494 e. The molecular formula is C13H13ClN2O3S. The summed E-state index contributed by atoms with van der Waals surface area (Å²) in [6.45, 7) is 2.40. The van der Waals surface area contributed by atoms with E-state index in [9.17, 15) is 9.59 Å². The van der Waals surface area contributed by atoms with Gasteiger partial charge in [-0.3, -0.25) is 9.59 Å². The molecule has 5 nitrogen and oxygen atoms in total. The molecule has 1 N–H and O–H groups in total. The number of nitrogens with zero attached hydrogens (tertiary/aromatic N) is 1. The molecule has 0 saturated heterocycles. The molecule has 2 aromatic heterocycles. The summed E-state index contributed by atoms with van der Waals surface area (Å²) >= 11 is 7.07. The number of hydrogen-bond acceptors (Lipinski definition) is 4. The summed E-state index contributed by atoms with van der Waals surface area (Å²) in [5.41, 5.74) is 0.450. The van der Waals surface area contributed by atoms with Crippen molar-refractivity contribution in [2.45, 2.75) is 13.5 Å². The maximum absolute atomic E-state index is 12.1. The summed E-state index contributed by atoms with van der Waals surface area (Å²) in [4.78, 5) is 24.0. The molecule has 1 amide bonds. The number of anilines is 1. The molecule has 0 fully saturated rings. The molecule has 20 heavy (non-hydrogen) atoms. The van der Waals surface area contributed by atoms with Gasteiger partial charge >= 0.3 is 0 Å². The Bertz CT molecular complexity index is 693. The fourth-order valence-electron chi connectivity index (χ4n) is 1.65. The van der Waals surface area contributed by atoms with E-state index in [1.165, 1.54) is 17.7 Å². The molecule has 0 saturated carbocycles. The number of halogens is 1. The van der Waals surface area contributed by atoms with Crippen molar-refractivity contribution in [1.82, 2.24) is 4.57 Å². The zero-order chi connectivity index (χ0) is 14.7. The Labute approximate surface area is 124 Å². The SMILES string of the molecule is CCn1cc(NC(=O)c2cc(OC)c(Cl)s2)ccc1=O. The van der Waals surface area contributed by atoms with Crippen molar-refractivity contribution in [3.63, 3.8) is 0 Å². The van der Waals surface area contributed by atoms with Gasteiger partial charge in [-0.2, -0.15) is 0 Å². The molecule has 0 spiro atoms. The molecule has 2 aromatic rings. The number of thiophene rings is 1. The highest BCUT2D eigenvalue weighted by molar-refractivity contribution is 7.18. The van der Waals surface area contributed by atoms with Gasteiger partial charge < -0.3 is 14.6 Å². The van der Waals surface area contributed by atoms with Gasteiger partial charge in [0.2, 0.25) is 0 Å².